The van der Waals surface area contributed by atoms with E-state index in [0.717, 1.165) is 5.06 Å². The van der Waals surface area contributed by atoms with E-state index in [9.17, 15) is 44.7 Å². The average molecular weight is 435 g/mol. The van der Waals surface area contributed by atoms with Crippen LogP contribution in [0, 0.1) is 0 Å². The van der Waals surface area contributed by atoms with Crippen molar-refractivity contribution in [2.45, 2.75) is 36.8 Å². The molecule has 1 N–H and O–H groups in total. The molecule has 0 fully saturated rings. The van der Waals surface area contributed by atoms with Crippen LogP contribution in [0.5, 0.6) is 5.75 Å². The molecule has 29 heavy (non-hydrogen) atoms. The molecule has 0 saturated heterocycles. The lowest BCUT2D eigenvalue weighted by molar-refractivity contribution is -0.396. The molecule has 162 valence electrons. The predicted molar refractivity (Wildman–Crippen MR) is 84.5 cm³/mol. The second kappa shape index (κ2) is 7.47. The Morgan fingerprint density at radius 2 is 1.55 bits per heavy atom. The summed E-state index contributed by atoms with van der Waals surface area (Å²) in [5.74, 6) is -19.1. The number of alkyl halides is 9. The van der Waals surface area contributed by atoms with Crippen LogP contribution in [0.1, 0.15) is 18.4 Å². The van der Waals surface area contributed by atoms with Gasteiger partial charge in [0.15, 0.2) is 0 Å². The summed E-state index contributed by atoms with van der Waals surface area (Å²) in [5.41, 5.74) is 1.04. The van der Waals surface area contributed by atoms with E-state index in [0.29, 0.717) is 11.3 Å². The van der Waals surface area contributed by atoms with Gasteiger partial charge in [0.1, 0.15) is 5.75 Å². The Morgan fingerprint density at radius 1 is 0.931 bits per heavy atom. The van der Waals surface area contributed by atoms with Gasteiger partial charge >= 0.3 is 23.9 Å². The highest BCUT2D eigenvalue weighted by Crippen LogP contribution is 2.54. The number of rotatable bonds is 7. The van der Waals surface area contributed by atoms with Crippen molar-refractivity contribution in [1.82, 2.24) is 0 Å². The van der Waals surface area contributed by atoms with Crippen molar-refractivity contribution in [3.8, 4) is 5.75 Å². The molecule has 0 radical (unpaired) electrons. The summed E-state index contributed by atoms with van der Waals surface area (Å²) in [7, 11) is 0. The van der Waals surface area contributed by atoms with Crippen molar-refractivity contribution in [3.63, 3.8) is 0 Å². The van der Waals surface area contributed by atoms with Crippen LogP contribution in [-0.4, -0.2) is 35.8 Å². The molecule has 1 aliphatic heterocycles. The van der Waals surface area contributed by atoms with Crippen LogP contribution in [0.25, 0.3) is 6.08 Å². The normalized spacial score (nSPS) is 15.5. The molecule has 0 atom stereocenters. The van der Waals surface area contributed by atoms with Gasteiger partial charge in [0.2, 0.25) is 0 Å². The summed E-state index contributed by atoms with van der Waals surface area (Å²) in [6, 6.07) is 4.05. The Labute approximate surface area is 158 Å². The molecule has 12 heteroatoms. The summed E-state index contributed by atoms with van der Waals surface area (Å²) in [6.45, 7) is 2.90. The molecule has 1 heterocycles. The van der Waals surface area contributed by atoms with E-state index in [-0.39, 0.29) is 11.4 Å². The first-order chi connectivity index (χ1) is 13.1. The lowest BCUT2D eigenvalue weighted by Gasteiger charge is -2.33. The fourth-order valence-electron chi connectivity index (χ4n) is 2.41. The Kier molecular flexibility index (Phi) is 5.90. The van der Waals surface area contributed by atoms with Gasteiger partial charge in [-0.25, -0.2) is 5.06 Å². The fourth-order valence-corrected chi connectivity index (χ4v) is 2.41. The predicted octanol–water partition coefficient (Wildman–Crippen LogP) is 6.05. The van der Waals surface area contributed by atoms with Crippen LogP contribution in [0.3, 0.4) is 0 Å². The van der Waals surface area contributed by atoms with Crippen molar-refractivity contribution < 1.29 is 49.5 Å². The SMILES string of the molecule is C=C1C=Cc2cc(OCCCC(F)(F)C(F)(F)C(F)(F)C(F)(F)F)ccc2N1O. The molecule has 3 nitrogen and oxygen atoms in total. The Morgan fingerprint density at radius 3 is 2.14 bits per heavy atom. The molecule has 1 aromatic carbocycles. The number of allylic oxidation sites excluding steroid dienone is 1. The number of hydrogen-bond donors (Lipinski definition) is 1. The third-order valence-electron chi connectivity index (χ3n) is 4.07. The standard InChI is InChI=1S/C17H14F9NO2/c1-10-3-4-11-9-12(5-6-13(11)27(10)28)29-8-2-7-14(18,19)15(20,21)16(22,23)17(24,25)26/h3-6,9,28H,1-2,7-8H2. The van der Waals surface area contributed by atoms with Gasteiger partial charge in [0.25, 0.3) is 0 Å². The van der Waals surface area contributed by atoms with Gasteiger partial charge in [0, 0.05) is 12.0 Å². The average Bonchev–Trinajstić information content (AvgIpc) is 2.60. The van der Waals surface area contributed by atoms with Crippen LogP contribution >= 0.6 is 0 Å². The van der Waals surface area contributed by atoms with Crippen LogP contribution in [0.15, 0.2) is 36.6 Å². The minimum Gasteiger partial charge on any atom is -0.494 e. The molecule has 0 aromatic heterocycles. The zero-order valence-electron chi connectivity index (χ0n) is 14.4. The van der Waals surface area contributed by atoms with Gasteiger partial charge in [-0.3, -0.25) is 5.21 Å². The van der Waals surface area contributed by atoms with Crippen LogP contribution in [-0.2, 0) is 0 Å². The highest BCUT2D eigenvalue weighted by Gasteiger charge is 2.81. The number of nitrogens with zero attached hydrogens (tertiary/aromatic N) is 1. The fraction of sp³-hybridized carbons (Fsp3) is 0.412. The van der Waals surface area contributed by atoms with Gasteiger partial charge in [-0.2, -0.15) is 39.5 Å². The molecule has 0 saturated carbocycles. The zero-order chi connectivity index (χ0) is 22.3. The second-order valence-electron chi connectivity index (χ2n) is 6.16. The number of hydrogen-bond acceptors (Lipinski definition) is 3. The quantitative estimate of drug-likeness (QED) is 0.418. The first-order valence-electron chi connectivity index (χ1n) is 7.95. The van der Waals surface area contributed by atoms with Gasteiger partial charge < -0.3 is 4.74 Å². The molecule has 0 aliphatic carbocycles. The smallest absolute Gasteiger partial charge is 0.460 e. The summed E-state index contributed by atoms with van der Waals surface area (Å²) in [6.07, 6.45) is -6.72. The molecule has 0 unspecified atom stereocenters. The second-order valence-corrected chi connectivity index (χ2v) is 6.16. The summed E-state index contributed by atoms with van der Waals surface area (Å²) >= 11 is 0. The van der Waals surface area contributed by atoms with E-state index in [1.807, 2.05) is 0 Å². The zero-order valence-corrected chi connectivity index (χ0v) is 14.4. The molecule has 1 aromatic rings. The van der Waals surface area contributed by atoms with Crippen molar-refractivity contribution in [2.24, 2.45) is 0 Å². The van der Waals surface area contributed by atoms with E-state index in [1.165, 1.54) is 24.3 Å². The highest BCUT2D eigenvalue weighted by atomic mass is 19.4. The monoisotopic (exact) mass is 435 g/mol. The van der Waals surface area contributed by atoms with E-state index in [1.54, 1.807) is 6.08 Å². The Balaban J connectivity index is 1.99. The molecular weight excluding hydrogens is 421 g/mol. The maximum Gasteiger partial charge on any atom is 0.460 e. The summed E-state index contributed by atoms with van der Waals surface area (Å²) in [5, 5.41) is 10.5. The Hall–Kier alpha value is -2.37. The number of anilines is 1. The van der Waals surface area contributed by atoms with Crippen LogP contribution in [0.2, 0.25) is 0 Å². The van der Waals surface area contributed by atoms with Crippen molar-refractivity contribution in [3.05, 3.63) is 42.1 Å². The molecule has 0 bridgehead atoms. The first-order valence-corrected chi connectivity index (χ1v) is 7.95. The minimum atomic E-state index is -6.89. The number of halogens is 9. The van der Waals surface area contributed by atoms with E-state index >= 15 is 0 Å². The van der Waals surface area contributed by atoms with Gasteiger partial charge in [-0.15, -0.1) is 0 Å². The number of ether oxygens (including phenoxy) is 1. The topological polar surface area (TPSA) is 32.7 Å². The van der Waals surface area contributed by atoms with Gasteiger partial charge in [-0.1, -0.05) is 12.7 Å². The van der Waals surface area contributed by atoms with E-state index in [2.05, 4.69) is 6.58 Å². The minimum absolute atomic E-state index is 0.0741. The lowest BCUT2D eigenvalue weighted by atomic mass is 10.00. The molecule has 2 rings (SSSR count). The highest BCUT2D eigenvalue weighted by molar-refractivity contribution is 5.75. The largest absolute Gasteiger partial charge is 0.494 e. The van der Waals surface area contributed by atoms with Gasteiger partial charge in [0.05, 0.1) is 18.0 Å². The van der Waals surface area contributed by atoms with E-state index < -0.39 is 43.4 Å². The maximum atomic E-state index is 13.4. The third-order valence-corrected chi connectivity index (χ3v) is 4.07. The van der Waals surface area contributed by atoms with Crippen LogP contribution in [0.4, 0.5) is 45.2 Å². The van der Waals surface area contributed by atoms with Crippen LogP contribution < -0.4 is 9.80 Å². The van der Waals surface area contributed by atoms with Crippen molar-refractivity contribution >= 4 is 11.8 Å². The van der Waals surface area contributed by atoms with Crippen molar-refractivity contribution in [1.29, 1.82) is 0 Å². The molecule has 1 aliphatic rings. The molecule has 0 spiro atoms. The van der Waals surface area contributed by atoms with E-state index in [4.69, 9.17) is 4.74 Å². The van der Waals surface area contributed by atoms with Crippen molar-refractivity contribution in [2.75, 3.05) is 11.7 Å². The number of benzene rings is 1. The molecule has 0 amide bonds. The third kappa shape index (κ3) is 4.16. The molecular formula is C17H14F9NO2. The summed E-state index contributed by atoms with van der Waals surface area (Å²) in [4.78, 5) is 0. The number of fused-ring (bicyclic) bond motifs is 1. The Bertz CT molecular complexity index is 803. The first kappa shape index (κ1) is 22.9. The van der Waals surface area contributed by atoms with Gasteiger partial charge in [-0.05, 0) is 30.7 Å². The summed E-state index contributed by atoms with van der Waals surface area (Å²) < 4.78 is 120. The lowest BCUT2D eigenvalue weighted by Crippen LogP contribution is -2.60. The maximum absolute atomic E-state index is 13.4. The number of hydroxylamine groups is 1.